The molecule has 0 radical (unpaired) electrons. The minimum absolute atomic E-state index is 0.318. The maximum Gasteiger partial charge on any atom is 0.222 e. The van der Waals surface area contributed by atoms with Gasteiger partial charge in [0.1, 0.15) is 5.82 Å². The first-order valence-electron chi connectivity index (χ1n) is 6.91. The van der Waals surface area contributed by atoms with Gasteiger partial charge in [-0.1, -0.05) is 24.3 Å². The number of nitrogen functional groups attached to an aromatic ring is 1. The van der Waals surface area contributed by atoms with Crippen molar-refractivity contribution in [3.05, 3.63) is 47.2 Å². The standard InChI is InChI=1S/C15H19N5/c16-5-6-18-14-9-13(19-15(17)20-14)12-7-10-3-1-2-4-11(10)8-12/h1-4,9,12H,5-8,16H2,(H3,17,18,19,20). The van der Waals surface area contributed by atoms with Crippen LogP contribution in [0, 0.1) is 0 Å². The molecule has 104 valence electrons. The van der Waals surface area contributed by atoms with Crippen LogP contribution in [0.1, 0.15) is 22.7 Å². The van der Waals surface area contributed by atoms with Crippen LogP contribution in [0.25, 0.3) is 0 Å². The van der Waals surface area contributed by atoms with Crippen molar-refractivity contribution in [2.45, 2.75) is 18.8 Å². The Morgan fingerprint density at radius 1 is 1.15 bits per heavy atom. The second-order valence-corrected chi connectivity index (χ2v) is 5.13. The molecule has 1 aromatic heterocycles. The number of nitrogens with zero attached hydrogens (tertiary/aromatic N) is 2. The van der Waals surface area contributed by atoms with Crippen molar-refractivity contribution in [3.8, 4) is 0 Å². The zero-order valence-corrected chi connectivity index (χ0v) is 11.3. The SMILES string of the molecule is NCCNc1cc(C2Cc3ccccc3C2)nc(N)n1. The Labute approximate surface area is 118 Å². The molecule has 1 aliphatic carbocycles. The first-order valence-corrected chi connectivity index (χ1v) is 6.91. The lowest BCUT2D eigenvalue weighted by Crippen LogP contribution is -2.15. The van der Waals surface area contributed by atoms with Crippen molar-refractivity contribution in [3.63, 3.8) is 0 Å². The molecule has 5 N–H and O–H groups in total. The van der Waals surface area contributed by atoms with Crippen LogP contribution in [0.3, 0.4) is 0 Å². The van der Waals surface area contributed by atoms with Gasteiger partial charge in [0, 0.05) is 25.1 Å². The Balaban J connectivity index is 1.83. The molecule has 0 amide bonds. The van der Waals surface area contributed by atoms with Crippen molar-refractivity contribution >= 4 is 11.8 Å². The monoisotopic (exact) mass is 269 g/mol. The van der Waals surface area contributed by atoms with Gasteiger partial charge in [-0.25, -0.2) is 4.98 Å². The number of nitrogens with one attached hydrogen (secondary N) is 1. The van der Waals surface area contributed by atoms with Gasteiger partial charge in [-0.05, 0) is 24.0 Å². The zero-order chi connectivity index (χ0) is 13.9. The highest BCUT2D eigenvalue weighted by Crippen LogP contribution is 2.33. The van der Waals surface area contributed by atoms with Crippen molar-refractivity contribution < 1.29 is 0 Å². The predicted octanol–water partition coefficient (Wildman–Crippen LogP) is 1.31. The summed E-state index contributed by atoms with van der Waals surface area (Å²) in [6.45, 7) is 1.24. The normalized spacial score (nSPS) is 14.2. The second-order valence-electron chi connectivity index (χ2n) is 5.13. The van der Waals surface area contributed by atoms with Crippen LogP contribution in [0.4, 0.5) is 11.8 Å². The molecule has 5 heteroatoms. The number of nitrogens with two attached hydrogens (primary N) is 2. The Kier molecular flexibility index (Phi) is 3.52. The molecule has 0 saturated carbocycles. The molecule has 3 rings (SSSR count). The number of fused-ring (bicyclic) bond motifs is 1. The molecule has 1 aromatic carbocycles. The third-order valence-corrected chi connectivity index (χ3v) is 3.68. The van der Waals surface area contributed by atoms with Crippen LogP contribution < -0.4 is 16.8 Å². The minimum Gasteiger partial charge on any atom is -0.369 e. The molecule has 5 nitrogen and oxygen atoms in total. The molecule has 0 atom stereocenters. The fourth-order valence-corrected chi connectivity index (χ4v) is 2.75. The van der Waals surface area contributed by atoms with Gasteiger partial charge < -0.3 is 16.8 Å². The lowest BCUT2D eigenvalue weighted by Gasteiger charge is -2.11. The van der Waals surface area contributed by atoms with Gasteiger partial charge in [-0.3, -0.25) is 0 Å². The first kappa shape index (κ1) is 12.9. The lowest BCUT2D eigenvalue weighted by molar-refractivity contribution is 0.712. The highest BCUT2D eigenvalue weighted by Gasteiger charge is 2.24. The summed E-state index contributed by atoms with van der Waals surface area (Å²) in [5.74, 6) is 1.46. The summed E-state index contributed by atoms with van der Waals surface area (Å²) in [5, 5.41) is 3.16. The maximum absolute atomic E-state index is 5.81. The molecule has 1 aliphatic rings. The van der Waals surface area contributed by atoms with E-state index in [0.717, 1.165) is 24.4 Å². The molecule has 1 heterocycles. The van der Waals surface area contributed by atoms with Crippen LogP contribution in [0.5, 0.6) is 0 Å². The Bertz CT molecular complexity index is 586. The van der Waals surface area contributed by atoms with Gasteiger partial charge in [0.2, 0.25) is 5.95 Å². The van der Waals surface area contributed by atoms with Crippen molar-refractivity contribution in [1.29, 1.82) is 0 Å². The third-order valence-electron chi connectivity index (χ3n) is 3.68. The zero-order valence-electron chi connectivity index (χ0n) is 11.3. The quantitative estimate of drug-likeness (QED) is 0.778. The molecule has 2 aromatic rings. The van der Waals surface area contributed by atoms with Crippen molar-refractivity contribution in [2.24, 2.45) is 5.73 Å². The van der Waals surface area contributed by atoms with E-state index in [2.05, 4.69) is 39.6 Å². The van der Waals surface area contributed by atoms with Crippen molar-refractivity contribution in [2.75, 3.05) is 24.1 Å². The van der Waals surface area contributed by atoms with Crippen LogP contribution in [0.2, 0.25) is 0 Å². The number of hydrogen-bond donors (Lipinski definition) is 3. The van der Waals surface area contributed by atoms with Gasteiger partial charge in [0.25, 0.3) is 0 Å². The number of aromatic nitrogens is 2. The summed E-state index contributed by atoms with van der Waals surface area (Å²) in [4.78, 5) is 8.59. The lowest BCUT2D eigenvalue weighted by atomic mass is 10.0. The molecule has 0 unspecified atom stereocenters. The fraction of sp³-hybridized carbons (Fsp3) is 0.333. The number of benzene rings is 1. The van der Waals surface area contributed by atoms with Crippen LogP contribution in [-0.4, -0.2) is 23.1 Å². The van der Waals surface area contributed by atoms with Crippen LogP contribution in [0.15, 0.2) is 30.3 Å². The predicted molar refractivity (Wildman–Crippen MR) is 80.6 cm³/mol. The summed E-state index contributed by atoms with van der Waals surface area (Å²) >= 11 is 0. The molecule has 0 aliphatic heterocycles. The number of rotatable bonds is 4. The van der Waals surface area contributed by atoms with Gasteiger partial charge >= 0.3 is 0 Å². The Morgan fingerprint density at radius 2 is 1.85 bits per heavy atom. The minimum atomic E-state index is 0.318. The molecule has 0 bridgehead atoms. The average molecular weight is 269 g/mol. The van der Waals surface area contributed by atoms with E-state index in [1.54, 1.807) is 0 Å². The summed E-state index contributed by atoms with van der Waals surface area (Å²) < 4.78 is 0. The highest BCUT2D eigenvalue weighted by atomic mass is 15.1. The van der Waals surface area contributed by atoms with E-state index >= 15 is 0 Å². The maximum atomic E-state index is 5.81. The van der Waals surface area contributed by atoms with E-state index in [0.29, 0.717) is 25.0 Å². The molecular formula is C15H19N5. The second kappa shape index (κ2) is 5.46. The van der Waals surface area contributed by atoms with E-state index in [9.17, 15) is 0 Å². The summed E-state index contributed by atoms with van der Waals surface area (Å²) in [6.07, 6.45) is 2.03. The Hall–Kier alpha value is -2.14. The molecular weight excluding hydrogens is 250 g/mol. The van der Waals surface area contributed by atoms with Gasteiger partial charge in [0.15, 0.2) is 0 Å². The van der Waals surface area contributed by atoms with E-state index in [-0.39, 0.29) is 0 Å². The summed E-state index contributed by atoms with van der Waals surface area (Å²) in [7, 11) is 0. The first-order chi connectivity index (χ1) is 9.76. The third kappa shape index (κ3) is 2.58. The van der Waals surface area contributed by atoms with E-state index in [1.165, 1.54) is 11.1 Å². The van der Waals surface area contributed by atoms with Crippen molar-refractivity contribution in [1.82, 2.24) is 9.97 Å². The fourth-order valence-electron chi connectivity index (χ4n) is 2.75. The van der Waals surface area contributed by atoms with Crippen LogP contribution in [-0.2, 0) is 12.8 Å². The van der Waals surface area contributed by atoms with E-state index in [4.69, 9.17) is 11.5 Å². The Morgan fingerprint density at radius 3 is 2.50 bits per heavy atom. The average Bonchev–Trinajstić information content (AvgIpc) is 2.88. The van der Waals surface area contributed by atoms with Gasteiger partial charge in [-0.15, -0.1) is 0 Å². The highest BCUT2D eigenvalue weighted by molar-refractivity contribution is 5.44. The molecule has 20 heavy (non-hydrogen) atoms. The van der Waals surface area contributed by atoms with E-state index < -0.39 is 0 Å². The van der Waals surface area contributed by atoms with Gasteiger partial charge in [-0.2, -0.15) is 4.98 Å². The summed E-state index contributed by atoms with van der Waals surface area (Å²) in [6, 6.07) is 10.5. The largest absolute Gasteiger partial charge is 0.369 e. The number of hydrogen-bond acceptors (Lipinski definition) is 5. The molecule has 0 spiro atoms. The topological polar surface area (TPSA) is 89.8 Å². The van der Waals surface area contributed by atoms with E-state index in [1.807, 2.05) is 6.07 Å². The number of anilines is 2. The molecule has 0 saturated heterocycles. The van der Waals surface area contributed by atoms with Gasteiger partial charge in [0.05, 0.1) is 5.69 Å². The van der Waals surface area contributed by atoms with Crippen LogP contribution >= 0.6 is 0 Å². The smallest absolute Gasteiger partial charge is 0.222 e. The summed E-state index contributed by atoms with van der Waals surface area (Å²) in [5.41, 5.74) is 15.1. The molecule has 0 fully saturated rings.